The van der Waals surface area contributed by atoms with E-state index in [0.717, 1.165) is 80.6 Å². The van der Waals surface area contributed by atoms with Crippen LogP contribution in [0.2, 0.25) is 0 Å². The van der Waals surface area contributed by atoms with Crippen molar-refractivity contribution < 1.29 is 22.8 Å². The summed E-state index contributed by atoms with van der Waals surface area (Å²) in [6, 6.07) is 51.8. The van der Waals surface area contributed by atoms with Crippen molar-refractivity contribution in [3.63, 3.8) is 0 Å². The molecule has 6 atom stereocenters. The summed E-state index contributed by atoms with van der Waals surface area (Å²) in [4.78, 5) is 16.9. The molecule has 11 aromatic rings. The largest absolute Gasteiger partial charge is 0.454 e. The minimum atomic E-state index is -2.38. The van der Waals surface area contributed by atoms with Crippen LogP contribution in [0, 0.1) is 68.6 Å². The van der Waals surface area contributed by atoms with Crippen molar-refractivity contribution >= 4 is 94.4 Å². The van der Waals surface area contributed by atoms with E-state index in [1.54, 1.807) is 20.8 Å². The molecule has 6 unspecified atom stereocenters. The number of aromatic nitrogens is 1. The zero-order valence-corrected chi connectivity index (χ0v) is 73.8. The summed E-state index contributed by atoms with van der Waals surface area (Å²) in [5.74, 6) is 0. The molecule has 5 saturated heterocycles. The molecule has 7 aromatic carbocycles. The van der Waals surface area contributed by atoms with E-state index in [9.17, 15) is 0 Å². The highest BCUT2D eigenvalue weighted by Gasteiger charge is 2.57. The molecule has 2 aliphatic carbocycles. The molecule has 117 heavy (non-hydrogen) atoms. The van der Waals surface area contributed by atoms with E-state index >= 15 is 0 Å². The number of para-hydroxylation sites is 4. The summed E-state index contributed by atoms with van der Waals surface area (Å²) in [6.45, 7) is 54.8. The van der Waals surface area contributed by atoms with Gasteiger partial charge in [-0.15, -0.1) is 0 Å². The van der Waals surface area contributed by atoms with Crippen LogP contribution in [-0.4, -0.2) is 62.9 Å². The number of nitrogens with zero attached hydrogens (tertiary/aromatic N) is 6. The maximum Gasteiger partial charge on any atom is 0.227 e. The SMILES string of the molecule is C.C.C.C.Cc1ccc2c(n1)oc1c(N3C(C)C(C)(C)CC3(C)C)c(C)ccc12.Cc1ccc2c(oc3ccccc32)c1N1C(C)C(C)(C)CC1(C)C.Cc1ccc2c(oc3ccccc32)c1N1C(C)C2(CCCCC2)CC1(C)C.[2H]C([2H])([2H])C1(C)C(C)N(c2ccccc2C)C(C)(C)C1([2H])[2H].[2H]C1([2H])C2(CCCCC2)C(C)N(c2ccccc2C)C1(C)C. The fourth-order valence-electron chi connectivity index (χ4n) is 23.7. The molecule has 18 rings (SSSR count). The average Bonchev–Trinajstić information content (AvgIpc) is 1.52. The lowest BCUT2D eigenvalue weighted by Gasteiger charge is -2.41. The zero-order valence-electron chi connectivity index (χ0n) is 80.8. The smallest absolute Gasteiger partial charge is 0.227 e. The molecule has 0 bridgehead atoms. The molecule has 0 amide bonds. The number of pyridine rings is 1. The van der Waals surface area contributed by atoms with Crippen LogP contribution in [0.4, 0.5) is 28.4 Å². The summed E-state index contributed by atoms with van der Waals surface area (Å²) in [5.41, 5.74) is 17.1. The number of aryl methyl sites for hydroxylation is 6. The van der Waals surface area contributed by atoms with Gasteiger partial charge >= 0.3 is 0 Å². The van der Waals surface area contributed by atoms with Crippen LogP contribution in [0.5, 0.6) is 0 Å². The third-order valence-corrected chi connectivity index (χ3v) is 28.9. The first-order valence-corrected chi connectivity index (χ1v) is 43.0. The van der Waals surface area contributed by atoms with Gasteiger partial charge in [-0.05, 0) is 294 Å². The normalized spacial score (nSPS) is 26.3. The first kappa shape index (κ1) is 81.5. The van der Waals surface area contributed by atoms with Gasteiger partial charge in [0.15, 0.2) is 16.7 Å². The summed E-state index contributed by atoms with van der Waals surface area (Å²) in [6.07, 6.45) is 13.2. The van der Waals surface area contributed by atoms with Gasteiger partial charge in [0.1, 0.15) is 11.2 Å². The first-order chi connectivity index (χ1) is 55.8. The van der Waals surface area contributed by atoms with Gasteiger partial charge in [0.25, 0.3) is 0 Å². The lowest BCUT2D eigenvalue weighted by Crippen LogP contribution is -2.44. The fraction of sp³-hybridized carbons (Fsp3) is 0.565. The van der Waals surface area contributed by atoms with Crippen molar-refractivity contribution in [2.45, 2.75) is 371 Å². The van der Waals surface area contributed by atoms with Crippen LogP contribution in [0.15, 0.2) is 159 Å². The molecule has 2 spiro atoms. The molecule has 2 saturated carbocycles. The summed E-state index contributed by atoms with van der Waals surface area (Å²) in [5, 5.41) is 7.17. The van der Waals surface area contributed by atoms with Crippen LogP contribution in [0.1, 0.15) is 314 Å². The molecule has 9 heteroatoms. The highest BCUT2D eigenvalue weighted by Crippen LogP contribution is 2.60. The van der Waals surface area contributed by atoms with E-state index in [0.29, 0.717) is 23.5 Å². The Morgan fingerprint density at radius 3 is 1.08 bits per heavy atom. The van der Waals surface area contributed by atoms with Crippen molar-refractivity contribution in [3.05, 3.63) is 179 Å². The number of rotatable bonds is 5. The molecule has 7 fully saturated rings. The molecule has 7 aliphatic rings. The van der Waals surface area contributed by atoms with Gasteiger partial charge in [0.05, 0.1) is 17.1 Å². The number of fused-ring (bicyclic) bond motifs is 9. The number of anilines is 5. The van der Waals surface area contributed by atoms with Crippen molar-refractivity contribution in [1.82, 2.24) is 4.98 Å². The third kappa shape index (κ3) is 16.2. The summed E-state index contributed by atoms with van der Waals surface area (Å²) >= 11 is 0. The van der Waals surface area contributed by atoms with Crippen LogP contribution < -0.4 is 24.5 Å². The van der Waals surface area contributed by atoms with E-state index in [-0.39, 0.29) is 68.6 Å². The van der Waals surface area contributed by atoms with Gasteiger partial charge < -0.3 is 37.8 Å². The molecule has 9 nitrogen and oxygen atoms in total. The Balaban J connectivity index is 0.000000161. The molecular weight excluding hydrogens is 1430 g/mol. The first-order valence-electron chi connectivity index (χ1n) is 46.5. The van der Waals surface area contributed by atoms with E-state index in [1.807, 2.05) is 56.0 Å². The molecule has 9 heterocycles. The average molecular weight is 1590 g/mol. The number of hydrogen-bond donors (Lipinski definition) is 0. The zero-order chi connectivity index (χ0) is 87.5. The molecule has 0 radical (unpaired) electrons. The molecular formula is C108H156N6O3. The van der Waals surface area contributed by atoms with Gasteiger partial charge in [-0.25, -0.2) is 4.98 Å². The van der Waals surface area contributed by atoms with Gasteiger partial charge in [0, 0.05) is 117 Å². The fourth-order valence-corrected chi connectivity index (χ4v) is 23.7. The Kier molecular flexibility index (Phi) is 22.9. The van der Waals surface area contributed by atoms with Gasteiger partial charge in [-0.2, -0.15) is 0 Å². The molecule has 4 aromatic heterocycles. The van der Waals surface area contributed by atoms with E-state index in [4.69, 9.17) is 22.8 Å². The van der Waals surface area contributed by atoms with Crippen LogP contribution in [0.3, 0.4) is 0 Å². The maximum absolute atomic E-state index is 9.04. The van der Waals surface area contributed by atoms with Crippen LogP contribution in [-0.2, 0) is 0 Å². The van der Waals surface area contributed by atoms with E-state index in [1.165, 1.54) is 131 Å². The van der Waals surface area contributed by atoms with E-state index in [2.05, 4.69) is 278 Å². The van der Waals surface area contributed by atoms with E-state index < -0.39 is 42.1 Å². The quantitative estimate of drug-likeness (QED) is 0.168. The Labute approximate surface area is 719 Å². The second kappa shape index (κ2) is 32.9. The number of hydrogen-bond acceptors (Lipinski definition) is 9. The number of benzene rings is 7. The van der Waals surface area contributed by atoms with Crippen LogP contribution >= 0.6 is 0 Å². The van der Waals surface area contributed by atoms with Gasteiger partial charge in [-0.1, -0.05) is 219 Å². The second-order valence-corrected chi connectivity index (χ2v) is 40.4. The Hall–Kier alpha value is -7.91. The lowest BCUT2D eigenvalue weighted by atomic mass is 9.68. The number of furan rings is 3. The monoisotopic (exact) mass is 1590 g/mol. The third-order valence-electron chi connectivity index (χ3n) is 28.9. The minimum Gasteiger partial charge on any atom is -0.454 e. The highest BCUT2D eigenvalue weighted by molar-refractivity contribution is 6.11. The molecule has 0 N–H and O–H groups in total. The topological polar surface area (TPSA) is 68.5 Å². The minimum absolute atomic E-state index is 0. The van der Waals surface area contributed by atoms with Crippen LogP contribution in [0.25, 0.3) is 65.9 Å². The predicted octanol–water partition coefficient (Wildman–Crippen LogP) is 31.8. The second-order valence-electron chi connectivity index (χ2n) is 40.4. The highest BCUT2D eigenvalue weighted by atomic mass is 16.3. The standard InChI is InChI=1S/C25H31NO.C22H28N2O.C22H27NO.C19H29N.C16H25N.4CH4/c1-17-12-13-20-19-10-6-7-11-21(19)27-23(20)22(17)26-18(2)25(16-24(26,3)4)14-8-5-9-15-25;1-13-8-10-16-17-11-9-14(2)23-20(17)25-19(16)18(13)24-15(3)21(4,5)12-22(24,6)7;1-14-11-12-17-16-9-7-8-10-18(16)24-20(17)19(14)23-15(2)21(3,4)13-22(23,5)6;1-15-10-6-7-11-17(15)20-16(2)19(14-18(20,3)4)12-8-5-9-13-19;1-12-9-7-8-10-14(12)17-13(2)15(3,4)11-16(17,5)6;;;;/h6-7,10-13,18H,5,8-9,14-16H2,1-4H3;8-11,15H,12H2,1-7H3;7-12,15H,13H2,1-6H3;6-7,10-11,16H,5,8-9,12-14H2,1-4H3;7-10,13H,11H2,1-6H3;4*1H4/i;;;14D2;3D3,11D2;;;;. The summed E-state index contributed by atoms with van der Waals surface area (Å²) in [7, 11) is 0. The Morgan fingerprint density at radius 2 is 0.667 bits per heavy atom. The maximum atomic E-state index is 9.04. The predicted molar refractivity (Wildman–Crippen MR) is 513 cm³/mol. The van der Waals surface area contributed by atoms with Crippen molar-refractivity contribution in [2.24, 2.45) is 27.1 Å². The van der Waals surface area contributed by atoms with Gasteiger partial charge in [-0.3, -0.25) is 0 Å². The van der Waals surface area contributed by atoms with Crippen molar-refractivity contribution in [1.29, 1.82) is 0 Å². The Bertz CT molecular complexity index is 5640. The Morgan fingerprint density at radius 1 is 0.325 bits per heavy atom. The summed E-state index contributed by atoms with van der Waals surface area (Å²) < 4.78 is 78.4. The van der Waals surface area contributed by atoms with Crippen molar-refractivity contribution in [3.8, 4) is 0 Å². The molecule has 5 aliphatic heterocycles. The van der Waals surface area contributed by atoms with Crippen molar-refractivity contribution in [2.75, 3.05) is 24.5 Å². The lowest BCUT2D eigenvalue weighted by molar-refractivity contribution is 0.170. The molecule has 636 valence electrons. The van der Waals surface area contributed by atoms with Gasteiger partial charge in [0.2, 0.25) is 5.71 Å².